The van der Waals surface area contributed by atoms with E-state index in [2.05, 4.69) is 9.72 Å². The molecule has 1 aromatic rings. The molecule has 1 heterocycles. The lowest BCUT2D eigenvalue weighted by Crippen LogP contribution is -2.19. The Hall–Kier alpha value is -0.380. The van der Waals surface area contributed by atoms with E-state index in [4.69, 9.17) is 11.6 Å². The lowest BCUT2D eigenvalue weighted by Gasteiger charge is -2.14. The second-order valence-electron chi connectivity index (χ2n) is 2.48. The fourth-order valence-electron chi connectivity index (χ4n) is 0.831. The van der Waals surface area contributed by atoms with Crippen LogP contribution in [0.3, 0.4) is 0 Å². The monoisotopic (exact) mass is 373 g/mol. The van der Waals surface area contributed by atoms with Crippen LogP contribution in [-0.2, 0) is 0 Å². The normalized spacial score (nSPS) is 12.0. The summed E-state index contributed by atoms with van der Waals surface area (Å²) in [4.78, 5) is 3.16. The van der Waals surface area contributed by atoms with Crippen LogP contribution >= 0.6 is 34.2 Å². The van der Waals surface area contributed by atoms with Gasteiger partial charge in [-0.2, -0.15) is 0 Å². The van der Waals surface area contributed by atoms with E-state index in [1.807, 2.05) is 0 Å². The van der Waals surface area contributed by atoms with Crippen molar-refractivity contribution in [3.05, 3.63) is 20.5 Å². The number of halogens is 7. The third-order valence-electron chi connectivity index (χ3n) is 1.38. The van der Waals surface area contributed by atoms with Gasteiger partial charge in [-0.05, 0) is 22.6 Å². The molecule has 0 N–H and O–H groups in total. The number of hydrogen-bond donors (Lipinski definition) is 0. The van der Waals surface area contributed by atoms with Crippen molar-refractivity contribution in [2.45, 2.75) is 12.8 Å². The molecular weight excluding hydrogens is 371 g/mol. The lowest BCUT2D eigenvalue weighted by atomic mass is 10.3. The summed E-state index contributed by atoms with van der Waals surface area (Å²) < 4.78 is 64.0. The van der Waals surface area contributed by atoms with Crippen molar-refractivity contribution >= 4 is 34.2 Å². The number of hydrogen-bond acceptors (Lipinski definition) is 2. The molecule has 0 saturated carbocycles. The van der Waals surface area contributed by atoms with E-state index >= 15 is 0 Å². The van der Waals surface area contributed by atoms with E-state index in [0.29, 0.717) is 0 Å². The first kappa shape index (κ1) is 13.7. The van der Waals surface area contributed by atoms with Crippen LogP contribution in [0.15, 0.2) is 6.20 Å². The molecule has 0 spiro atoms. The van der Waals surface area contributed by atoms with Gasteiger partial charge in [-0.3, -0.25) is 4.98 Å². The fraction of sp³-hybridized carbons (Fsp3) is 0.286. The standard InChI is InChI=1S/C7H2ClF5INO/c8-3-2(14)1-15-4(6(9)10)5(3)16-7(11,12)13/h1,6H. The molecule has 0 saturated heterocycles. The van der Waals surface area contributed by atoms with E-state index in [0.717, 1.165) is 6.20 Å². The largest absolute Gasteiger partial charge is 0.573 e. The van der Waals surface area contributed by atoms with Crippen molar-refractivity contribution in [1.82, 2.24) is 4.98 Å². The Kier molecular flexibility index (Phi) is 4.16. The average Bonchev–Trinajstić information content (AvgIpc) is 2.10. The molecule has 0 aromatic carbocycles. The summed E-state index contributed by atoms with van der Waals surface area (Å²) in [5.74, 6) is -1.16. The van der Waals surface area contributed by atoms with Crippen LogP contribution in [0.1, 0.15) is 12.1 Å². The zero-order valence-corrected chi connectivity index (χ0v) is 10.1. The minimum atomic E-state index is -5.10. The topological polar surface area (TPSA) is 22.1 Å². The molecule has 9 heteroatoms. The summed E-state index contributed by atoms with van der Waals surface area (Å²) in [5, 5.41) is -0.539. The van der Waals surface area contributed by atoms with Gasteiger partial charge in [0.05, 0.1) is 8.59 Å². The molecule has 0 aliphatic carbocycles. The predicted molar refractivity (Wildman–Crippen MR) is 53.6 cm³/mol. The molecule has 1 rings (SSSR count). The Bertz CT molecular complexity index is 397. The van der Waals surface area contributed by atoms with Gasteiger partial charge in [-0.1, -0.05) is 11.6 Å². The quantitative estimate of drug-likeness (QED) is 0.573. The molecule has 90 valence electrons. The highest BCUT2D eigenvalue weighted by molar-refractivity contribution is 14.1. The first-order valence-electron chi connectivity index (χ1n) is 3.60. The van der Waals surface area contributed by atoms with Crippen molar-refractivity contribution < 1.29 is 26.7 Å². The molecule has 0 aliphatic heterocycles. The van der Waals surface area contributed by atoms with Crippen LogP contribution in [0.25, 0.3) is 0 Å². The third kappa shape index (κ3) is 3.30. The van der Waals surface area contributed by atoms with Crippen LogP contribution in [-0.4, -0.2) is 11.3 Å². The number of aromatic nitrogens is 1. The van der Waals surface area contributed by atoms with Gasteiger partial charge in [0.1, 0.15) is 0 Å². The summed E-state index contributed by atoms with van der Waals surface area (Å²) in [5.41, 5.74) is -1.14. The Balaban J connectivity index is 3.26. The molecule has 16 heavy (non-hydrogen) atoms. The number of nitrogens with zero attached hydrogens (tertiary/aromatic N) is 1. The highest BCUT2D eigenvalue weighted by Crippen LogP contribution is 2.39. The predicted octanol–water partition coefficient (Wildman–Crippen LogP) is 4.18. The molecule has 0 unspecified atom stereocenters. The maximum atomic E-state index is 12.3. The Morgan fingerprint density at radius 1 is 1.38 bits per heavy atom. The maximum absolute atomic E-state index is 12.3. The SMILES string of the molecule is FC(F)c1ncc(I)c(Cl)c1OC(F)(F)F. The van der Waals surface area contributed by atoms with Gasteiger partial charge in [0.15, 0.2) is 11.4 Å². The number of rotatable bonds is 2. The van der Waals surface area contributed by atoms with Crippen LogP contribution in [0.5, 0.6) is 5.75 Å². The summed E-state index contributed by atoms with van der Waals surface area (Å²) in [7, 11) is 0. The second kappa shape index (κ2) is 4.86. The van der Waals surface area contributed by atoms with Gasteiger partial charge in [0.2, 0.25) is 0 Å². The molecule has 1 aromatic heterocycles. The Labute approximate surface area is 105 Å². The molecule has 0 amide bonds. The minimum absolute atomic E-state index is 0.0860. The lowest BCUT2D eigenvalue weighted by molar-refractivity contribution is -0.275. The van der Waals surface area contributed by atoms with Crippen LogP contribution < -0.4 is 4.74 Å². The van der Waals surface area contributed by atoms with Crippen molar-refractivity contribution in [2.24, 2.45) is 0 Å². The van der Waals surface area contributed by atoms with Gasteiger partial charge >= 0.3 is 6.36 Å². The second-order valence-corrected chi connectivity index (χ2v) is 4.02. The van der Waals surface area contributed by atoms with Crippen molar-refractivity contribution in [2.75, 3.05) is 0 Å². The minimum Gasteiger partial charge on any atom is -0.402 e. The number of pyridine rings is 1. The van der Waals surface area contributed by atoms with E-state index in [-0.39, 0.29) is 3.57 Å². The van der Waals surface area contributed by atoms with E-state index in [1.54, 1.807) is 22.6 Å². The molecule has 0 aliphatic rings. The van der Waals surface area contributed by atoms with Gasteiger partial charge < -0.3 is 4.74 Å². The zero-order chi connectivity index (χ0) is 12.5. The van der Waals surface area contributed by atoms with Gasteiger partial charge in [0.25, 0.3) is 6.43 Å². The molecule has 2 nitrogen and oxygen atoms in total. The van der Waals surface area contributed by atoms with Crippen LogP contribution in [0, 0.1) is 3.57 Å². The molecule has 0 radical (unpaired) electrons. The number of alkyl halides is 5. The summed E-state index contributed by atoms with van der Waals surface area (Å²) in [6, 6.07) is 0. The van der Waals surface area contributed by atoms with E-state index in [1.165, 1.54) is 0 Å². The molecular formula is C7H2ClF5INO. The summed E-state index contributed by atoms with van der Waals surface area (Å²) in [6.45, 7) is 0. The Morgan fingerprint density at radius 2 is 1.94 bits per heavy atom. The highest BCUT2D eigenvalue weighted by atomic mass is 127. The molecule has 0 fully saturated rings. The number of ether oxygens (including phenoxy) is 1. The highest BCUT2D eigenvalue weighted by Gasteiger charge is 2.35. The first-order valence-corrected chi connectivity index (χ1v) is 5.06. The maximum Gasteiger partial charge on any atom is 0.573 e. The third-order valence-corrected chi connectivity index (χ3v) is 2.90. The van der Waals surface area contributed by atoms with Crippen molar-refractivity contribution in [3.63, 3.8) is 0 Å². The van der Waals surface area contributed by atoms with Crippen molar-refractivity contribution in [3.8, 4) is 5.75 Å². The summed E-state index contributed by atoms with van der Waals surface area (Å²) in [6.07, 6.45) is -7.36. The Morgan fingerprint density at radius 3 is 2.38 bits per heavy atom. The van der Waals surface area contributed by atoms with Crippen LogP contribution in [0.4, 0.5) is 22.0 Å². The first-order chi connectivity index (χ1) is 7.22. The molecule has 0 bridgehead atoms. The molecule has 0 atom stereocenters. The van der Waals surface area contributed by atoms with Crippen molar-refractivity contribution in [1.29, 1.82) is 0 Å². The fourth-order valence-corrected chi connectivity index (χ4v) is 1.40. The van der Waals surface area contributed by atoms with Gasteiger partial charge in [0, 0.05) is 6.20 Å². The van der Waals surface area contributed by atoms with Gasteiger partial charge in [-0.15, -0.1) is 13.2 Å². The summed E-state index contributed by atoms with van der Waals surface area (Å²) >= 11 is 7.00. The van der Waals surface area contributed by atoms with Gasteiger partial charge in [-0.25, -0.2) is 8.78 Å². The average molecular weight is 373 g/mol. The zero-order valence-electron chi connectivity index (χ0n) is 7.16. The smallest absolute Gasteiger partial charge is 0.402 e. The van der Waals surface area contributed by atoms with Crippen LogP contribution in [0.2, 0.25) is 5.02 Å². The van der Waals surface area contributed by atoms with E-state index < -0.39 is 29.3 Å². The van der Waals surface area contributed by atoms with E-state index in [9.17, 15) is 22.0 Å².